The van der Waals surface area contributed by atoms with Crippen LogP contribution in [-0.2, 0) is 0 Å². The Labute approximate surface area is 67.9 Å². The molecular formula is C7H17N3O. The van der Waals surface area contributed by atoms with E-state index in [0.717, 1.165) is 0 Å². The van der Waals surface area contributed by atoms with E-state index >= 15 is 0 Å². The van der Waals surface area contributed by atoms with Crippen LogP contribution in [0.1, 0.15) is 13.8 Å². The van der Waals surface area contributed by atoms with Gasteiger partial charge in [0.1, 0.15) is 0 Å². The zero-order chi connectivity index (χ0) is 8.91. The highest BCUT2D eigenvalue weighted by atomic mass is 16.3. The molecule has 0 fully saturated rings. The fourth-order valence-electron chi connectivity index (χ4n) is 0.734. The number of aliphatic imine (C=N–C) groups is 1. The molecule has 0 aliphatic heterocycles. The predicted molar refractivity (Wildman–Crippen MR) is 46.5 cm³/mol. The SMILES string of the molecule is CN=CN(CC(C)(C)O)NC. The monoisotopic (exact) mass is 159 g/mol. The summed E-state index contributed by atoms with van der Waals surface area (Å²) in [6.45, 7) is 4.02. The molecule has 0 saturated carbocycles. The maximum atomic E-state index is 9.40. The minimum absolute atomic E-state index is 0.515. The van der Waals surface area contributed by atoms with Crippen LogP contribution in [0.2, 0.25) is 0 Å². The van der Waals surface area contributed by atoms with Gasteiger partial charge in [0.05, 0.1) is 18.5 Å². The van der Waals surface area contributed by atoms with Gasteiger partial charge in [-0.2, -0.15) is 0 Å². The fourth-order valence-corrected chi connectivity index (χ4v) is 0.734. The maximum Gasteiger partial charge on any atom is 0.0989 e. The Kier molecular flexibility index (Phi) is 4.07. The number of rotatable bonds is 4. The summed E-state index contributed by atoms with van der Waals surface area (Å²) in [4.78, 5) is 3.82. The first-order valence-corrected chi connectivity index (χ1v) is 3.58. The number of nitrogens with zero attached hydrogens (tertiary/aromatic N) is 2. The van der Waals surface area contributed by atoms with Crippen molar-refractivity contribution in [3.63, 3.8) is 0 Å². The lowest BCUT2D eigenvalue weighted by Gasteiger charge is -2.25. The molecule has 0 unspecified atom stereocenters. The van der Waals surface area contributed by atoms with E-state index in [1.165, 1.54) is 0 Å². The van der Waals surface area contributed by atoms with Gasteiger partial charge in [-0.15, -0.1) is 0 Å². The summed E-state index contributed by atoms with van der Waals surface area (Å²) in [5, 5.41) is 11.1. The summed E-state index contributed by atoms with van der Waals surface area (Å²) in [6.07, 6.45) is 1.64. The van der Waals surface area contributed by atoms with Crippen LogP contribution < -0.4 is 5.43 Å². The van der Waals surface area contributed by atoms with E-state index in [1.807, 2.05) is 0 Å². The zero-order valence-electron chi connectivity index (χ0n) is 7.63. The highest BCUT2D eigenvalue weighted by Crippen LogP contribution is 2.00. The van der Waals surface area contributed by atoms with Gasteiger partial charge < -0.3 is 5.11 Å². The summed E-state index contributed by atoms with van der Waals surface area (Å²) in [7, 11) is 3.47. The lowest BCUT2D eigenvalue weighted by Crippen LogP contribution is -2.44. The van der Waals surface area contributed by atoms with E-state index in [9.17, 15) is 5.11 Å². The third-order valence-electron chi connectivity index (χ3n) is 1.10. The van der Waals surface area contributed by atoms with E-state index in [2.05, 4.69) is 10.4 Å². The van der Waals surface area contributed by atoms with Gasteiger partial charge in [-0.1, -0.05) is 0 Å². The van der Waals surface area contributed by atoms with Gasteiger partial charge in [0.25, 0.3) is 0 Å². The zero-order valence-corrected chi connectivity index (χ0v) is 7.63. The average Bonchev–Trinajstić information content (AvgIpc) is 1.84. The lowest BCUT2D eigenvalue weighted by atomic mass is 10.1. The topological polar surface area (TPSA) is 47.9 Å². The molecule has 0 spiro atoms. The van der Waals surface area contributed by atoms with E-state index in [0.29, 0.717) is 6.54 Å². The maximum absolute atomic E-state index is 9.40. The van der Waals surface area contributed by atoms with Gasteiger partial charge in [-0.05, 0) is 13.8 Å². The highest BCUT2D eigenvalue weighted by Gasteiger charge is 2.15. The Balaban J connectivity index is 3.88. The molecule has 0 radical (unpaired) electrons. The second-order valence-corrected chi connectivity index (χ2v) is 3.04. The first-order valence-electron chi connectivity index (χ1n) is 3.58. The largest absolute Gasteiger partial charge is 0.389 e. The molecule has 0 amide bonds. The predicted octanol–water partition coefficient (Wildman–Crippen LogP) is -0.148. The Bertz CT molecular complexity index is 128. The van der Waals surface area contributed by atoms with E-state index in [4.69, 9.17) is 0 Å². The first-order chi connectivity index (χ1) is 4.99. The Morgan fingerprint density at radius 2 is 2.18 bits per heavy atom. The van der Waals surface area contributed by atoms with E-state index < -0.39 is 5.60 Å². The van der Waals surface area contributed by atoms with E-state index in [-0.39, 0.29) is 0 Å². The van der Waals surface area contributed by atoms with Crippen LogP contribution in [-0.4, -0.2) is 42.7 Å². The second-order valence-electron chi connectivity index (χ2n) is 3.04. The van der Waals surface area contributed by atoms with Crippen molar-refractivity contribution in [2.24, 2.45) is 4.99 Å². The molecule has 0 aromatic heterocycles. The Morgan fingerprint density at radius 1 is 1.64 bits per heavy atom. The normalized spacial score (nSPS) is 12.5. The van der Waals surface area contributed by atoms with Crippen LogP contribution in [0.4, 0.5) is 0 Å². The molecule has 66 valence electrons. The molecule has 4 heteroatoms. The van der Waals surface area contributed by atoms with Crippen molar-refractivity contribution in [2.75, 3.05) is 20.6 Å². The molecule has 0 saturated heterocycles. The molecule has 0 aliphatic carbocycles. The van der Waals surface area contributed by atoms with Gasteiger partial charge in [0, 0.05) is 14.1 Å². The number of nitrogens with one attached hydrogen (secondary N) is 1. The van der Waals surface area contributed by atoms with Crippen LogP contribution in [0.25, 0.3) is 0 Å². The number of hydrogen-bond acceptors (Lipinski definition) is 3. The molecule has 0 atom stereocenters. The minimum atomic E-state index is -0.704. The second kappa shape index (κ2) is 4.31. The Morgan fingerprint density at radius 3 is 2.45 bits per heavy atom. The third-order valence-corrected chi connectivity index (χ3v) is 1.10. The average molecular weight is 159 g/mol. The quantitative estimate of drug-likeness (QED) is 0.341. The van der Waals surface area contributed by atoms with Crippen molar-refractivity contribution in [2.45, 2.75) is 19.4 Å². The molecule has 0 rings (SSSR count). The standard InChI is InChI=1S/C7H17N3O/c1-7(2,11)5-10(9-4)6-8-3/h6,9,11H,5H2,1-4H3. The highest BCUT2D eigenvalue weighted by molar-refractivity contribution is 5.53. The van der Waals surface area contributed by atoms with Crippen LogP contribution in [0.5, 0.6) is 0 Å². The lowest BCUT2D eigenvalue weighted by molar-refractivity contribution is 0.0482. The smallest absolute Gasteiger partial charge is 0.0989 e. The molecule has 2 N–H and O–H groups in total. The summed E-state index contributed by atoms with van der Waals surface area (Å²) < 4.78 is 0. The minimum Gasteiger partial charge on any atom is -0.389 e. The van der Waals surface area contributed by atoms with Gasteiger partial charge in [0.2, 0.25) is 0 Å². The third kappa shape index (κ3) is 5.82. The van der Waals surface area contributed by atoms with Crippen molar-refractivity contribution >= 4 is 6.34 Å². The van der Waals surface area contributed by atoms with Crippen LogP contribution >= 0.6 is 0 Å². The van der Waals surface area contributed by atoms with Crippen LogP contribution in [0, 0.1) is 0 Å². The number of hydrazine groups is 1. The van der Waals surface area contributed by atoms with Gasteiger partial charge in [0.15, 0.2) is 0 Å². The Hall–Kier alpha value is -0.610. The molecule has 0 aromatic rings. The molecule has 0 bridgehead atoms. The molecule has 0 aliphatic rings. The molecule has 0 aromatic carbocycles. The van der Waals surface area contributed by atoms with Crippen molar-refractivity contribution in [1.29, 1.82) is 0 Å². The molecule has 11 heavy (non-hydrogen) atoms. The molecular weight excluding hydrogens is 142 g/mol. The van der Waals surface area contributed by atoms with Gasteiger partial charge in [-0.3, -0.25) is 10.0 Å². The summed E-state index contributed by atoms with van der Waals surface area (Å²) in [5.74, 6) is 0. The summed E-state index contributed by atoms with van der Waals surface area (Å²) in [5.41, 5.74) is 2.18. The van der Waals surface area contributed by atoms with Crippen LogP contribution in [0.3, 0.4) is 0 Å². The fraction of sp³-hybridized carbons (Fsp3) is 0.857. The first kappa shape index (κ1) is 10.4. The number of hydrogen-bond donors (Lipinski definition) is 2. The van der Waals surface area contributed by atoms with Gasteiger partial charge >= 0.3 is 0 Å². The van der Waals surface area contributed by atoms with E-state index in [1.54, 1.807) is 39.3 Å². The van der Waals surface area contributed by atoms with Crippen LogP contribution in [0.15, 0.2) is 4.99 Å². The van der Waals surface area contributed by atoms with Gasteiger partial charge in [-0.25, -0.2) is 5.43 Å². The van der Waals surface area contributed by atoms with Crippen molar-refractivity contribution in [3.05, 3.63) is 0 Å². The van der Waals surface area contributed by atoms with Crippen molar-refractivity contribution in [3.8, 4) is 0 Å². The van der Waals surface area contributed by atoms with Crippen molar-refractivity contribution < 1.29 is 5.11 Å². The van der Waals surface area contributed by atoms with Crippen molar-refractivity contribution in [1.82, 2.24) is 10.4 Å². The summed E-state index contributed by atoms with van der Waals surface area (Å²) >= 11 is 0. The molecule has 4 nitrogen and oxygen atoms in total. The molecule has 0 heterocycles. The summed E-state index contributed by atoms with van der Waals surface area (Å²) in [6, 6.07) is 0. The number of aliphatic hydroxyl groups is 1.